The molecule has 0 heterocycles. The fourth-order valence-electron chi connectivity index (χ4n) is 2.09. The standard InChI is InChI=1S/C16H15N3O4/c1-18(17-10-12-6-3-2-4-7-12)11-14-13(16(20)21)8-5-9-15(14)19(22)23/h2-10H,11H2,1H3,(H,20,21). The average molecular weight is 313 g/mol. The first-order valence-corrected chi connectivity index (χ1v) is 6.79. The first-order chi connectivity index (χ1) is 11.0. The zero-order valence-electron chi connectivity index (χ0n) is 12.4. The maximum Gasteiger partial charge on any atom is 0.336 e. The van der Waals surface area contributed by atoms with E-state index in [4.69, 9.17) is 0 Å². The van der Waals surface area contributed by atoms with Gasteiger partial charge in [-0.05, 0) is 11.6 Å². The number of benzene rings is 2. The molecule has 0 fully saturated rings. The zero-order chi connectivity index (χ0) is 16.8. The number of carbonyl (C=O) groups is 1. The molecule has 0 unspecified atom stereocenters. The number of hydrogen-bond donors (Lipinski definition) is 1. The smallest absolute Gasteiger partial charge is 0.336 e. The molecule has 0 aromatic heterocycles. The van der Waals surface area contributed by atoms with Crippen molar-refractivity contribution in [3.63, 3.8) is 0 Å². The van der Waals surface area contributed by atoms with Gasteiger partial charge in [0.05, 0.1) is 28.8 Å². The van der Waals surface area contributed by atoms with Gasteiger partial charge < -0.3 is 5.11 Å². The molecule has 0 saturated carbocycles. The summed E-state index contributed by atoms with van der Waals surface area (Å²) in [5.41, 5.74) is 0.672. The van der Waals surface area contributed by atoms with E-state index in [-0.39, 0.29) is 23.4 Å². The van der Waals surface area contributed by atoms with E-state index in [1.54, 1.807) is 13.3 Å². The van der Waals surface area contributed by atoms with Crippen molar-refractivity contribution in [2.45, 2.75) is 6.54 Å². The fourth-order valence-corrected chi connectivity index (χ4v) is 2.09. The molecular formula is C16H15N3O4. The minimum Gasteiger partial charge on any atom is -0.478 e. The summed E-state index contributed by atoms with van der Waals surface area (Å²) in [5, 5.41) is 26.0. The molecule has 0 aliphatic rings. The topological polar surface area (TPSA) is 96.0 Å². The number of aromatic carboxylic acids is 1. The molecule has 2 rings (SSSR count). The van der Waals surface area contributed by atoms with Crippen molar-refractivity contribution in [2.24, 2.45) is 5.10 Å². The van der Waals surface area contributed by atoms with E-state index in [1.807, 2.05) is 30.3 Å². The Kier molecular flexibility index (Phi) is 5.03. The monoisotopic (exact) mass is 313 g/mol. The van der Waals surface area contributed by atoms with Gasteiger partial charge in [0.2, 0.25) is 0 Å². The largest absolute Gasteiger partial charge is 0.478 e. The van der Waals surface area contributed by atoms with E-state index < -0.39 is 10.9 Å². The van der Waals surface area contributed by atoms with Crippen LogP contribution in [0.1, 0.15) is 21.5 Å². The predicted octanol–water partition coefficient (Wildman–Crippen LogP) is 2.76. The van der Waals surface area contributed by atoms with Crippen LogP contribution in [0, 0.1) is 10.1 Å². The molecule has 0 atom stereocenters. The Morgan fingerprint density at radius 1 is 1.26 bits per heavy atom. The molecule has 1 N–H and O–H groups in total. The second-order valence-electron chi connectivity index (χ2n) is 4.84. The van der Waals surface area contributed by atoms with Crippen LogP contribution in [0.2, 0.25) is 0 Å². The Hall–Kier alpha value is -3.22. The summed E-state index contributed by atoms with van der Waals surface area (Å²) in [4.78, 5) is 21.8. The summed E-state index contributed by atoms with van der Waals surface area (Å²) in [6, 6.07) is 13.3. The molecular weight excluding hydrogens is 298 g/mol. The van der Waals surface area contributed by atoms with Crippen molar-refractivity contribution in [2.75, 3.05) is 7.05 Å². The number of rotatable bonds is 6. The van der Waals surface area contributed by atoms with Gasteiger partial charge in [-0.1, -0.05) is 36.4 Å². The number of nitro groups is 1. The van der Waals surface area contributed by atoms with Gasteiger partial charge in [-0.3, -0.25) is 15.1 Å². The summed E-state index contributed by atoms with van der Waals surface area (Å²) in [6.07, 6.45) is 1.61. The van der Waals surface area contributed by atoms with E-state index in [2.05, 4.69) is 5.10 Å². The molecule has 7 nitrogen and oxygen atoms in total. The SMILES string of the molecule is CN(Cc1c(C(=O)O)cccc1[N+](=O)[O-])N=Cc1ccccc1. The van der Waals surface area contributed by atoms with Crippen molar-refractivity contribution in [1.29, 1.82) is 0 Å². The van der Waals surface area contributed by atoms with Crippen LogP contribution in [-0.2, 0) is 6.54 Å². The number of nitro benzene ring substituents is 1. The summed E-state index contributed by atoms with van der Waals surface area (Å²) in [5.74, 6) is -1.20. The third kappa shape index (κ3) is 4.13. The maximum atomic E-state index is 11.3. The Balaban J connectivity index is 2.26. The van der Waals surface area contributed by atoms with E-state index in [9.17, 15) is 20.0 Å². The highest BCUT2D eigenvalue weighted by molar-refractivity contribution is 5.90. The lowest BCUT2D eigenvalue weighted by Gasteiger charge is -2.14. The molecule has 0 aliphatic heterocycles. The van der Waals surface area contributed by atoms with Gasteiger partial charge in [0.1, 0.15) is 0 Å². The lowest BCUT2D eigenvalue weighted by atomic mass is 10.1. The highest BCUT2D eigenvalue weighted by Gasteiger charge is 2.21. The van der Waals surface area contributed by atoms with Crippen molar-refractivity contribution in [3.05, 3.63) is 75.3 Å². The molecule has 0 radical (unpaired) electrons. The third-order valence-corrected chi connectivity index (χ3v) is 3.17. The number of nitrogens with zero attached hydrogens (tertiary/aromatic N) is 3. The molecule has 0 spiro atoms. The number of hydrogen-bond acceptors (Lipinski definition) is 5. The summed E-state index contributed by atoms with van der Waals surface area (Å²) in [6.45, 7) is 0.0160. The first kappa shape index (κ1) is 16.2. The highest BCUT2D eigenvalue weighted by atomic mass is 16.6. The number of carboxylic acids is 1. The predicted molar refractivity (Wildman–Crippen MR) is 85.6 cm³/mol. The van der Waals surface area contributed by atoms with Crippen LogP contribution >= 0.6 is 0 Å². The lowest BCUT2D eigenvalue weighted by molar-refractivity contribution is -0.385. The van der Waals surface area contributed by atoms with Crippen molar-refractivity contribution in [3.8, 4) is 0 Å². The molecule has 118 valence electrons. The van der Waals surface area contributed by atoms with E-state index in [0.29, 0.717) is 0 Å². The Morgan fingerprint density at radius 3 is 2.57 bits per heavy atom. The molecule has 0 amide bonds. The second-order valence-corrected chi connectivity index (χ2v) is 4.84. The summed E-state index contributed by atoms with van der Waals surface area (Å²) in [7, 11) is 1.63. The van der Waals surface area contributed by atoms with E-state index in [0.717, 1.165) is 5.56 Å². The van der Waals surface area contributed by atoms with Crippen LogP contribution in [-0.4, -0.2) is 34.3 Å². The third-order valence-electron chi connectivity index (χ3n) is 3.17. The van der Waals surface area contributed by atoms with Crippen LogP contribution in [0.5, 0.6) is 0 Å². The zero-order valence-corrected chi connectivity index (χ0v) is 12.4. The van der Waals surface area contributed by atoms with Gasteiger partial charge in [-0.15, -0.1) is 0 Å². The fraction of sp³-hybridized carbons (Fsp3) is 0.125. The minimum atomic E-state index is -1.20. The van der Waals surface area contributed by atoms with Gasteiger partial charge in [-0.25, -0.2) is 4.79 Å². The second kappa shape index (κ2) is 7.17. The van der Waals surface area contributed by atoms with Gasteiger partial charge in [0.15, 0.2) is 0 Å². The quantitative estimate of drug-likeness (QED) is 0.502. The molecule has 0 saturated heterocycles. The summed E-state index contributed by atoms with van der Waals surface area (Å²) >= 11 is 0. The molecule has 0 aliphatic carbocycles. The Bertz CT molecular complexity index is 712. The van der Waals surface area contributed by atoms with Crippen molar-refractivity contribution >= 4 is 17.9 Å². The lowest BCUT2D eigenvalue weighted by Crippen LogP contribution is -2.16. The van der Waals surface area contributed by atoms with Crippen molar-refractivity contribution < 1.29 is 14.8 Å². The maximum absolute atomic E-state index is 11.3. The molecule has 23 heavy (non-hydrogen) atoms. The van der Waals surface area contributed by atoms with Gasteiger partial charge >= 0.3 is 5.97 Å². The highest BCUT2D eigenvalue weighted by Crippen LogP contribution is 2.24. The number of hydrazone groups is 1. The molecule has 7 heteroatoms. The van der Waals surface area contributed by atoms with Gasteiger partial charge in [0.25, 0.3) is 5.69 Å². The first-order valence-electron chi connectivity index (χ1n) is 6.79. The molecule has 0 bridgehead atoms. The van der Waals surface area contributed by atoms with E-state index in [1.165, 1.54) is 23.2 Å². The van der Waals surface area contributed by atoms with Crippen molar-refractivity contribution in [1.82, 2.24) is 5.01 Å². The van der Waals surface area contributed by atoms with Crippen LogP contribution in [0.25, 0.3) is 0 Å². The average Bonchev–Trinajstić information content (AvgIpc) is 2.53. The van der Waals surface area contributed by atoms with Crippen LogP contribution in [0.4, 0.5) is 5.69 Å². The van der Waals surface area contributed by atoms with Crippen LogP contribution in [0.15, 0.2) is 53.6 Å². The summed E-state index contributed by atoms with van der Waals surface area (Å²) < 4.78 is 0. The number of carboxylic acid groups (broad SMARTS) is 1. The van der Waals surface area contributed by atoms with Crippen LogP contribution in [0.3, 0.4) is 0 Å². The Morgan fingerprint density at radius 2 is 1.96 bits per heavy atom. The molecule has 2 aromatic rings. The molecule has 2 aromatic carbocycles. The van der Waals surface area contributed by atoms with Gasteiger partial charge in [0, 0.05) is 13.1 Å². The minimum absolute atomic E-state index is 0.0160. The normalized spacial score (nSPS) is 10.7. The van der Waals surface area contributed by atoms with Gasteiger partial charge in [-0.2, -0.15) is 5.10 Å². The van der Waals surface area contributed by atoms with Crippen LogP contribution < -0.4 is 0 Å². The van der Waals surface area contributed by atoms with E-state index >= 15 is 0 Å². The Labute approximate surface area is 132 Å².